The Kier molecular flexibility index (Phi) is 5.22. The minimum Gasteiger partial charge on any atom is -0.393 e. The summed E-state index contributed by atoms with van der Waals surface area (Å²) in [6, 6.07) is 5.62. The van der Waals surface area contributed by atoms with Crippen LogP contribution in [0.15, 0.2) is 24.5 Å². The number of benzene rings is 1. The highest BCUT2D eigenvalue weighted by Gasteiger charge is 2.09. The summed E-state index contributed by atoms with van der Waals surface area (Å²) in [5.74, 6) is 1.25. The zero-order chi connectivity index (χ0) is 15.2. The first kappa shape index (κ1) is 15.4. The van der Waals surface area contributed by atoms with Crippen molar-refractivity contribution in [2.45, 2.75) is 26.7 Å². The van der Waals surface area contributed by atoms with Crippen LogP contribution < -0.4 is 16.4 Å². The molecule has 0 saturated heterocycles. The third-order valence-electron chi connectivity index (χ3n) is 3.15. The van der Waals surface area contributed by atoms with Gasteiger partial charge in [0.15, 0.2) is 11.6 Å². The molecule has 0 fully saturated rings. The summed E-state index contributed by atoms with van der Waals surface area (Å²) in [5.41, 5.74) is 8.58. The molecule has 4 N–H and O–H groups in total. The predicted molar refractivity (Wildman–Crippen MR) is 89.3 cm³/mol. The van der Waals surface area contributed by atoms with Gasteiger partial charge in [-0.15, -0.1) is 0 Å². The smallest absolute Gasteiger partial charge is 0.159 e. The van der Waals surface area contributed by atoms with Crippen LogP contribution in [-0.2, 0) is 0 Å². The van der Waals surface area contributed by atoms with Crippen molar-refractivity contribution in [2.75, 3.05) is 22.9 Å². The largest absolute Gasteiger partial charge is 0.393 e. The van der Waals surface area contributed by atoms with Crippen molar-refractivity contribution in [3.63, 3.8) is 0 Å². The molecular formula is C15H20ClN5. The number of nitrogens with one attached hydrogen (secondary N) is 2. The molecule has 0 aliphatic rings. The van der Waals surface area contributed by atoms with Gasteiger partial charge in [0.2, 0.25) is 0 Å². The lowest BCUT2D eigenvalue weighted by atomic mass is 10.2. The number of nitrogens with two attached hydrogens (primary N) is 1. The van der Waals surface area contributed by atoms with Gasteiger partial charge in [-0.3, -0.25) is 0 Å². The van der Waals surface area contributed by atoms with Gasteiger partial charge < -0.3 is 16.4 Å². The molecule has 0 saturated carbocycles. The van der Waals surface area contributed by atoms with E-state index in [0.717, 1.165) is 30.6 Å². The number of anilines is 4. The molecule has 0 radical (unpaired) electrons. The molecule has 5 nitrogen and oxygen atoms in total. The summed E-state index contributed by atoms with van der Waals surface area (Å²) < 4.78 is 0. The molecule has 2 rings (SSSR count). The average Bonchev–Trinajstić information content (AvgIpc) is 2.46. The molecule has 0 bridgehead atoms. The van der Waals surface area contributed by atoms with Crippen LogP contribution in [-0.4, -0.2) is 16.5 Å². The first-order chi connectivity index (χ1) is 10.1. The number of nitrogen functional groups attached to an aromatic ring is 1. The molecule has 112 valence electrons. The van der Waals surface area contributed by atoms with Crippen molar-refractivity contribution in [3.8, 4) is 0 Å². The van der Waals surface area contributed by atoms with Crippen molar-refractivity contribution >= 4 is 34.6 Å². The van der Waals surface area contributed by atoms with E-state index in [-0.39, 0.29) is 0 Å². The second kappa shape index (κ2) is 7.13. The first-order valence-electron chi connectivity index (χ1n) is 6.99. The molecule has 0 amide bonds. The Balaban J connectivity index is 2.18. The van der Waals surface area contributed by atoms with E-state index in [2.05, 4.69) is 27.5 Å². The van der Waals surface area contributed by atoms with Gasteiger partial charge in [-0.25, -0.2) is 9.97 Å². The molecule has 0 atom stereocenters. The zero-order valence-corrected chi connectivity index (χ0v) is 13.0. The Labute approximate surface area is 129 Å². The van der Waals surface area contributed by atoms with E-state index in [1.807, 2.05) is 25.1 Å². The Hall–Kier alpha value is -2.01. The van der Waals surface area contributed by atoms with Crippen molar-refractivity contribution in [1.29, 1.82) is 0 Å². The summed E-state index contributed by atoms with van der Waals surface area (Å²) in [5, 5.41) is 7.15. The zero-order valence-electron chi connectivity index (χ0n) is 12.3. The quantitative estimate of drug-likeness (QED) is 0.704. The lowest BCUT2D eigenvalue weighted by Crippen LogP contribution is -2.09. The standard InChI is InChI=1S/C15H20ClN5/c1-3-4-7-18-14-13(17)15(20-9-19-14)21-12-6-5-11(16)8-10(12)2/h5-6,8-9H,3-4,7,17H2,1-2H3,(H2,18,19,20,21). The number of nitrogens with zero attached hydrogens (tertiary/aromatic N) is 2. The van der Waals surface area contributed by atoms with Gasteiger partial charge >= 0.3 is 0 Å². The maximum absolute atomic E-state index is 6.12. The van der Waals surface area contributed by atoms with Crippen LogP contribution >= 0.6 is 11.6 Å². The summed E-state index contributed by atoms with van der Waals surface area (Å²) in [7, 11) is 0. The maximum Gasteiger partial charge on any atom is 0.159 e. The van der Waals surface area contributed by atoms with Crippen molar-refractivity contribution in [3.05, 3.63) is 35.1 Å². The SMILES string of the molecule is CCCCNc1ncnc(Nc2ccc(Cl)cc2C)c1N. The highest BCUT2D eigenvalue weighted by molar-refractivity contribution is 6.30. The predicted octanol–water partition coefficient (Wildman–Crippen LogP) is 3.98. The Morgan fingerprint density at radius 2 is 2.00 bits per heavy atom. The summed E-state index contributed by atoms with van der Waals surface area (Å²) in [6.07, 6.45) is 3.69. The fraction of sp³-hybridized carbons (Fsp3) is 0.333. The van der Waals surface area contributed by atoms with Crippen LogP contribution in [0.4, 0.5) is 23.0 Å². The van der Waals surface area contributed by atoms with E-state index in [1.165, 1.54) is 6.33 Å². The van der Waals surface area contributed by atoms with E-state index in [0.29, 0.717) is 22.3 Å². The lowest BCUT2D eigenvalue weighted by Gasteiger charge is -2.13. The normalized spacial score (nSPS) is 10.4. The van der Waals surface area contributed by atoms with Crippen LogP contribution in [0, 0.1) is 6.92 Å². The highest BCUT2D eigenvalue weighted by Crippen LogP contribution is 2.28. The van der Waals surface area contributed by atoms with Crippen LogP contribution in [0.2, 0.25) is 5.02 Å². The summed E-state index contributed by atoms with van der Waals surface area (Å²) in [4.78, 5) is 8.39. The molecule has 0 aliphatic heterocycles. The molecule has 0 unspecified atom stereocenters. The molecule has 2 aromatic rings. The van der Waals surface area contributed by atoms with E-state index >= 15 is 0 Å². The van der Waals surface area contributed by atoms with Gasteiger partial charge in [-0.2, -0.15) is 0 Å². The number of aryl methyl sites for hydroxylation is 1. The number of hydrogen-bond acceptors (Lipinski definition) is 5. The van der Waals surface area contributed by atoms with Crippen LogP contribution in [0.1, 0.15) is 25.3 Å². The number of unbranched alkanes of at least 4 members (excludes halogenated alkanes) is 1. The minimum atomic E-state index is 0.517. The number of halogens is 1. The number of hydrogen-bond donors (Lipinski definition) is 3. The first-order valence-corrected chi connectivity index (χ1v) is 7.37. The average molecular weight is 306 g/mol. The van der Waals surface area contributed by atoms with Gasteiger partial charge in [0.1, 0.15) is 12.0 Å². The molecule has 0 spiro atoms. The second-order valence-electron chi connectivity index (χ2n) is 4.85. The molecule has 1 heterocycles. The topological polar surface area (TPSA) is 75.9 Å². The van der Waals surface area contributed by atoms with E-state index < -0.39 is 0 Å². The third kappa shape index (κ3) is 3.98. The van der Waals surface area contributed by atoms with E-state index in [9.17, 15) is 0 Å². The minimum absolute atomic E-state index is 0.517. The van der Waals surface area contributed by atoms with Gasteiger partial charge in [0.25, 0.3) is 0 Å². The number of aromatic nitrogens is 2. The Bertz CT molecular complexity index is 615. The fourth-order valence-corrected chi connectivity index (χ4v) is 2.14. The Morgan fingerprint density at radius 1 is 1.24 bits per heavy atom. The van der Waals surface area contributed by atoms with Crippen LogP contribution in [0.25, 0.3) is 0 Å². The van der Waals surface area contributed by atoms with Gasteiger partial charge in [-0.1, -0.05) is 24.9 Å². The molecule has 21 heavy (non-hydrogen) atoms. The second-order valence-corrected chi connectivity index (χ2v) is 5.29. The monoisotopic (exact) mass is 305 g/mol. The van der Waals surface area contributed by atoms with E-state index in [1.54, 1.807) is 0 Å². The van der Waals surface area contributed by atoms with E-state index in [4.69, 9.17) is 17.3 Å². The highest BCUT2D eigenvalue weighted by atomic mass is 35.5. The maximum atomic E-state index is 6.12. The number of rotatable bonds is 6. The van der Waals surface area contributed by atoms with Crippen molar-refractivity contribution in [1.82, 2.24) is 9.97 Å². The van der Waals surface area contributed by atoms with Crippen molar-refractivity contribution in [2.24, 2.45) is 0 Å². The lowest BCUT2D eigenvalue weighted by molar-refractivity contribution is 0.831. The van der Waals surface area contributed by atoms with Gasteiger partial charge in [0.05, 0.1) is 0 Å². The molecular weight excluding hydrogens is 286 g/mol. The molecule has 6 heteroatoms. The molecule has 1 aromatic carbocycles. The third-order valence-corrected chi connectivity index (χ3v) is 3.38. The molecule has 0 aliphatic carbocycles. The van der Waals surface area contributed by atoms with Gasteiger partial charge in [-0.05, 0) is 37.1 Å². The summed E-state index contributed by atoms with van der Waals surface area (Å²) in [6.45, 7) is 4.96. The fourth-order valence-electron chi connectivity index (χ4n) is 1.91. The van der Waals surface area contributed by atoms with Gasteiger partial charge in [0, 0.05) is 17.3 Å². The van der Waals surface area contributed by atoms with Crippen LogP contribution in [0.3, 0.4) is 0 Å². The van der Waals surface area contributed by atoms with Crippen LogP contribution in [0.5, 0.6) is 0 Å². The molecule has 1 aromatic heterocycles. The van der Waals surface area contributed by atoms with Crippen molar-refractivity contribution < 1.29 is 0 Å². The summed E-state index contributed by atoms with van der Waals surface area (Å²) >= 11 is 5.96. The Morgan fingerprint density at radius 3 is 2.71 bits per heavy atom.